The molecule has 0 aliphatic heterocycles. The van der Waals surface area contributed by atoms with Crippen molar-refractivity contribution in [3.63, 3.8) is 0 Å². The van der Waals surface area contributed by atoms with Gasteiger partial charge in [-0.15, -0.1) is 0 Å². The minimum absolute atomic E-state index is 0. The van der Waals surface area contributed by atoms with E-state index in [1.807, 2.05) is 14.0 Å². The van der Waals surface area contributed by atoms with Crippen LogP contribution in [0.25, 0.3) is 0 Å². The number of likely N-dealkylation sites (N-methyl/N-ethyl adjacent to an activating group) is 1. The summed E-state index contributed by atoms with van der Waals surface area (Å²) in [6.45, 7) is 3.70. The fourth-order valence-corrected chi connectivity index (χ4v) is 0.241. The zero-order chi connectivity index (χ0) is 5.86. The summed E-state index contributed by atoms with van der Waals surface area (Å²) in [6.07, 6.45) is -0.245. The molecule has 3 heteroatoms. The van der Waals surface area contributed by atoms with Gasteiger partial charge < -0.3 is 16.6 Å². The molecular formula is C5H16N2O. The zero-order valence-electron chi connectivity index (χ0n) is 5.81. The lowest BCUT2D eigenvalue weighted by Gasteiger charge is -2.11. The summed E-state index contributed by atoms with van der Waals surface area (Å²) >= 11 is 0. The minimum atomic E-state index is -0.245. The lowest BCUT2D eigenvalue weighted by molar-refractivity contribution is 0.157. The first-order valence-electron chi connectivity index (χ1n) is 2.53. The topological polar surface area (TPSA) is 67.3 Å². The van der Waals surface area contributed by atoms with Gasteiger partial charge in [0.05, 0.1) is 6.10 Å². The summed E-state index contributed by atoms with van der Waals surface area (Å²) in [5, 5.41) is 11.7. The molecule has 0 aromatic heterocycles. The predicted molar refractivity (Wildman–Crippen MR) is 35.2 cm³/mol. The van der Waals surface area contributed by atoms with E-state index in [4.69, 9.17) is 5.11 Å². The molecule has 0 fully saturated rings. The van der Waals surface area contributed by atoms with Crippen molar-refractivity contribution >= 4 is 0 Å². The Labute approximate surface area is 50.7 Å². The summed E-state index contributed by atoms with van der Waals surface area (Å²) in [7, 11) is 1.83. The van der Waals surface area contributed by atoms with E-state index in [1.165, 1.54) is 0 Å². The summed E-state index contributed by atoms with van der Waals surface area (Å²) in [6, 6.07) is 0.208. The Morgan fingerprint density at radius 3 is 1.75 bits per heavy atom. The molecular weight excluding hydrogens is 104 g/mol. The van der Waals surface area contributed by atoms with Crippen molar-refractivity contribution in [2.45, 2.75) is 26.0 Å². The molecule has 0 radical (unpaired) electrons. The first-order chi connectivity index (χ1) is 3.18. The van der Waals surface area contributed by atoms with E-state index in [1.54, 1.807) is 6.92 Å². The van der Waals surface area contributed by atoms with Crippen LogP contribution >= 0.6 is 0 Å². The standard InChI is InChI=1S/C5H13NO.H3N/c1-4(6-3)5(2)7;/h4-7H,1-3H3;1H3. The molecule has 5 N–H and O–H groups in total. The Morgan fingerprint density at radius 2 is 1.75 bits per heavy atom. The average Bonchev–Trinajstić information content (AvgIpc) is 1.65. The van der Waals surface area contributed by atoms with Gasteiger partial charge in [0.1, 0.15) is 0 Å². The molecule has 2 unspecified atom stereocenters. The summed E-state index contributed by atoms with van der Waals surface area (Å²) in [4.78, 5) is 0. The van der Waals surface area contributed by atoms with Gasteiger partial charge in [-0.25, -0.2) is 0 Å². The second-order valence-corrected chi connectivity index (χ2v) is 1.82. The number of hydrogen-bond acceptors (Lipinski definition) is 3. The number of aliphatic hydroxyl groups excluding tert-OH is 1. The minimum Gasteiger partial charge on any atom is -0.392 e. The van der Waals surface area contributed by atoms with Gasteiger partial charge in [-0.1, -0.05) is 0 Å². The third-order valence-corrected chi connectivity index (χ3v) is 1.18. The van der Waals surface area contributed by atoms with Gasteiger partial charge >= 0.3 is 0 Å². The largest absolute Gasteiger partial charge is 0.392 e. The molecule has 3 nitrogen and oxygen atoms in total. The summed E-state index contributed by atoms with van der Waals surface area (Å²) in [5.74, 6) is 0. The van der Waals surface area contributed by atoms with E-state index < -0.39 is 0 Å². The second-order valence-electron chi connectivity index (χ2n) is 1.82. The van der Waals surface area contributed by atoms with Crippen LogP contribution in [0.1, 0.15) is 13.8 Å². The smallest absolute Gasteiger partial charge is 0.0662 e. The summed E-state index contributed by atoms with van der Waals surface area (Å²) in [5.41, 5.74) is 0. The van der Waals surface area contributed by atoms with Gasteiger partial charge in [0.2, 0.25) is 0 Å². The van der Waals surface area contributed by atoms with Crippen LogP contribution < -0.4 is 11.5 Å². The highest BCUT2D eigenvalue weighted by Crippen LogP contribution is 1.86. The van der Waals surface area contributed by atoms with Crippen LogP contribution in [-0.4, -0.2) is 24.3 Å². The van der Waals surface area contributed by atoms with Gasteiger partial charge in [0.25, 0.3) is 0 Å². The first kappa shape index (κ1) is 10.8. The van der Waals surface area contributed by atoms with E-state index in [-0.39, 0.29) is 18.3 Å². The Balaban J connectivity index is 0. The Bertz CT molecular complexity index is 47.7. The van der Waals surface area contributed by atoms with Gasteiger partial charge in [-0.05, 0) is 20.9 Å². The first-order valence-corrected chi connectivity index (χ1v) is 2.53. The zero-order valence-corrected chi connectivity index (χ0v) is 5.81. The van der Waals surface area contributed by atoms with Crippen LogP contribution in [-0.2, 0) is 0 Å². The highest BCUT2D eigenvalue weighted by molar-refractivity contribution is 4.61. The van der Waals surface area contributed by atoms with Gasteiger partial charge in [0.15, 0.2) is 0 Å². The summed E-state index contributed by atoms with van der Waals surface area (Å²) < 4.78 is 0. The van der Waals surface area contributed by atoms with Crippen LogP contribution in [0.3, 0.4) is 0 Å². The van der Waals surface area contributed by atoms with Crippen molar-refractivity contribution in [1.29, 1.82) is 0 Å². The maximum Gasteiger partial charge on any atom is 0.0662 e. The maximum atomic E-state index is 8.76. The van der Waals surface area contributed by atoms with E-state index in [2.05, 4.69) is 5.32 Å². The van der Waals surface area contributed by atoms with E-state index >= 15 is 0 Å². The van der Waals surface area contributed by atoms with Crippen molar-refractivity contribution in [3.05, 3.63) is 0 Å². The molecule has 0 saturated heterocycles. The second kappa shape index (κ2) is 5.03. The third-order valence-electron chi connectivity index (χ3n) is 1.18. The Hall–Kier alpha value is -0.120. The fourth-order valence-electron chi connectivity index (χ4n) is 0.241. The molecule has 2 atom stereocenters. The van der Waals surface area contributed by atoms with Crippen molar-refractivity contribution in [3.8, 4) is 0 Å². The van der Waals surface area contributed by atoms with Crippen molar-refractivity contribution in [1.82, 2.24) is 11.5 Å². The quantitative estimate of drug-likeness (QED) is 0.485. The normalized spacial score (nSPS) is 16.5. The molecule has 0 bridgehead atoms. The predicted octanol–water partition coefficient (Wildman–Crippen LogP) is 0.137. The van der Waals surface area contributed by atoms with E-state index in [0.29, 0.717) is 0 Å². The van der Waals surface area contributed by atoms with Crippen molar-refractivity contribution < 1.29 is 5.11 Å². The maximum absolute atomic E-state index is 8.76. The van der Waals surface area contributed by atoms with E-state index in [0.717, 1.165) is 0 Å². The van der Waals surface area contributed by atoms with E-state index in [9.17, 15) is 0 Å². The molecule has 52 valence electrons. The van der Waals surface area contributed by atoms with Crippen LogP contribution in [0.5, 0.6) is 0 Å². The molecule has 0 spiro atoms. The highest BCUT2D eigenvalue weighted by atomic mass is 16.3. The monoisotopic (exact) mass is 120 g/mol. The molecule has 0 saturated carbocycles. The fraction of sp³-hybridized carbons (Fsp3) is 1.00. The number of hydrogen-bond donors (Lipinski definition) is 3. The Morgan fingerprint density at radius 1 is 1.38 bits per heavy atom. The number of rotatable bonds is 2. The molecule has 0 aromatic carbocycles. The highest BCUT2D eigenvalue weighted by Gasteiger charge is 2.02. The van der Waals surface area contributed by atoms with Gasteiger partial charge in [-0.2, -0.15) is 0 Å². The average molecular weight is 120 g/mol. The van der Waals surface area contributed by atoms with Crippen molar-refractivity contribution in [2.24, 2.45) is 0 Å². The molecule has 0 rings (SSSR count). The molecule has 8 heavy (non-hydrogen) atoms. The lowest BCUT2D eigenvalue weighted by atomic mass is 10.2. The lowest BCUT2D eigenvalue weighted by Crippen LogP contribution is -2.32. The van der Waals surface area contributed by atoms with Gasteiger partial charge in [-0.3, -0.25) is 0 Å². The molecule has 0 aromatic rings. The number of nitrogens with one attached hydrogen (secondary N) is 1. The molecule has 0 amide bonds. The van der Waals surface area contributed by atoms with Crippen molar-refractivity contribution in [2.75, 3.05) is 7.05 Å². The number of aliphatic hydroxyl groups is 1. The third kappa shape index (κ3) is 4.05. The van der Waals surface area contributed by atoms with Crippen LogP contribution in [0.4, 0.5) is 0 Å². The van der Waals surface area contributed by atoms with Crippen LogP contribution in [0.15, 0.2) is 0 Å². The Kier molecular flexibility index (Phi) is 6.78. The van der Waals surface area contributed by atoms with Gasteiger partial charge in [0, 0.05) is 6.04 Å². The molecule has 0 aliphatic carbocycles. The van der Waals surface area contributed by atoms with Crippen LogP contribution in [0, 0.1) is 0 Å². The molecule has 0 heterocycles. The SMILES string of the molecule is CNC(C)C(C)O.N. The molecule has 0 aliphatic rings. The van der Waals surface area contributed by atoms with Crippen LogP contribution in [0.2, 0.25) is 0 Å².